The molecule has 2 aliphatic rings. The lowest BCUT2D eigenvalue weighted by atomic mass is 10.1. The van der Waals surface area contributed by atoms with Gasteiger partial charge >= 0.3 is 0 Å². The fourth-order valence-electron chi connectivity index (χ4n) is 3.14. The third-order valence-electron chi connectivity index (χ3n) is 4.29. The lowest BCUT2D eigenvalue weighted by Gasteiger charge is -2.35. The number of nitrogens with zero attached hydrogens (tertiary/aromatic N) is 2. The fraction of sp³-hybridized carbons (Fsp3) is 0.786. The number of fused-ring (bicyclic) bond motifs is 1. The van der Waals surface area contributed by atoms with Crippen LogP contribution in [0.4, 0.5) is 0 Å². The van der Waals surface area contributed by atoms with Crippen molar-refractivity contribution in [3.63, 3.8) is 0 Å². The molecule has 2 fully saturated rings. The zero-order chi connectivity index (χ0) is 13.2. The number of aromatic nitrogens is 1. The highest BCUT2D eigenvalue weighted by molar-refractivity contribution is 7.09. The molecule has 3 rings (SSSR count). The van der Waals surface area contributed by atoms with Crippen LogP contribution in [0.1, 0.15) is 36.4 Å². The molecular formula is C14H23N3OS. The first-order valence-electron chi connectivity index (χ1n) is 7.23. The maximum Gasteiger partial charge on any atom is 0.0827 e. The molecule has 3 atom stereocenters. The van der Waals surface area contributed by atoms with Crippen molar-refractivity contribution in [2.75, 3.05) is 26.2 Å². The van der Waals surface area contributed by atoms with Gasteiger partial charge < -0.3 is 10.1 Å². The van der Waals surface area contributed by atoms with Gasteiger partial charge in [-0.05, 0) is 33.2 Å². The van der Waals surface area contributed by atoms with E-state index in [1.807, 2.05) is 5.51 Å². The number of morpholine rings is 1. The van der Waals surface area contributed by atoms with Crippen molar-refractivity contribution in [2.45, 2.75) is 44.9 Å². The lowest BCUT2D eigenvalue weighted by molar-refractivity contribution is -0.0477. The Labute approximate surface area is 119 Å². The Morgan fingerprint density at radius 1 is 1.63 bits per heavy atom. The Morgan fingerprint density at radius 3 is 3.32 bits per heavy atom. The summed E-state index contributed by atoms with van der Waals surface area (Å²) in [5, 5.41) is 3.59. The van der Waals surface area contributed by atoms with Gasteiger partial charge in [-0.15, -0.1) is 11.3 Å². The van der Waals surface area contributed by atoms with Gasteiger partial charge in [0.05, 0.1) is 23.9 Å². The second-order valence-electron chi connectivity index (χ2n) is 5.68. The molecule has 5 heteroatoms. The Bertz CT molecular complexity index is 423. The van der Waals surface area contributed by atoms with Gasteiger partial charge in [0.15, 0.2) is 0 Å². The summed E-state index contributed by atoms with van der Waals surface area (Å²) < 4.78 is 5.97. The van der Waals surface area contributed by atoms with E-state index in [2.05, 4.69) is 29.0 Å². The van der Waals surface area contributed by atoms with Crippen molar-refractivity contribution in [3.8, 4) is 0 Å². The van der Waals surface area contributed by atoms with E-state index in [0.29, 0.717) is 18.2 Å². The van der Waals surface area contributed by atoms with E-state index in [9.17, 15) is 0 Å². The van der Waals surface area contributed by atoms with Crippen LogP contribution in [0, 0.1) is 6.92 Å². The monoisotopic (exact) mass is 281 g/mol. The molecular weight excluding hydrogens is 258 g/mol. The zero-order valence-electron chi connectivity index (χ0n) is 11.8. The number of thiazole rings is 1. The molecule has 1 aromatic heterocycles. The fourth-order valence-corrected chi connectivity index (χ4v) is 3.97. The number of aryl methyl sites for hydroxylation is 1. The molecule has 2 aliphatic heterocycles. The molecule has 2 saturated heterocycles. The van der Waals surface area contributed by atoms with Crippen LogP contribution in [0.5, 0.6) is 0 Å². The molecule has 1 aromatic rings. The summed E-state index contributed by atoms with van der Waals surface area (Å²) in [6.45, 7) is 8.49. The Morgan fingerprint density at radius 2 is 2.53 bits per heavy atom. The van der Waals surface area contributed by atoms with Crippen LogP contribution in [0.25, 0.3) is 0 Å². The van der Waals surface area contributed by atoms with Crippen molar-refractivity contribution in [2.24, 2.45) is 0 Å². The highest BCUT2D eigenvalue weighted by atomic mass is 32.1. The maximum atomic E-state index is 5.97. The predicted octanol–water partition coefficient (Wildman–Crippen LogP) is 1.97. The van der Waals surface area contributed by atoms with Crippen LogP contribution in [0.2, 0.25) is 0 Å². The highest BCUT2D eigenvalue weighted by Gasteiger charge is 2.32. The van der Waals surface area contributed by atoms with Crippen molar-refractivity contribution in [3.05, 3.63) is 16.1 Å². The molecule has 3 unspecified atom stereocenters. The average molecular weight is 281 g/mol. The Balaban J connectivity index is 1.48. The summed E-state index contributed by atoms with van der Waals surface area (Å²) in [6.07, 6.45) is 2.99. The molecule has 0 aliphatic carbocycles. The van der Waals surface area contributed by atoms with Gasteiger partial charge in [0.2, 0.25) is 0 Å². The van der Waals surface area contributed by atoms with Crippen molar-refractivity contribution < 1.29 is 4.74 Å². The van der Waals surface area contributed by atoms with Crippen LogP contribution in [0.15, 0.2) is 5.51 Å². The van der Waals surface area contributed by atoms with Gasteiger partial charge in [0.1, 0.15) is 0 Å². The molecule has 3 heterocycles. The number of hydrogen-bond acceptors (Lipinski definition) is 5. The minimum atomic E-state index is 0.338. The van der Waals surface area contributed by atoms with E-state index in [-0.39, 0.29) is 0 Å². The molecule has 19 heavy (non-hydrogen) atoms. The van der Waals surface area contributed by atoms with Crippen LogP contribution in [0.3, 0.4) is 0 Å². The molecule has 0 saturated carbocycles. The number of ether oxygens (including phenoxy) is 1. The average Bonchev–Trinajstić information content (AvgIpc) is 3.03. The molecule has 4 nitrogen and oxygen atoms in total. The molecule has 106 valence electrons. The van der Waals surface area contributed by atoms with Gasteiger partial charge in [0.25, 0.3) is 0 Å². The molecule has 1 N–H and O–H groups in total. The smallest absolute Gasteiger partial charge is 0.0827 e. The Hall–Kier alpha value is -0.490. The van der Waals surface area contributed by atoms with Gasteiger partial charge in [-0.3, -0.25) is 4.90 Å². The normalized spacial score (nSPS) is 29.4. The van der Waals surface area contributed by atoms with E-state index in [0.717, 1.165) is 25.4 Å². The number of nitrogens with one attached hydrogen (secondary N) is 1. The van der Waals surface area contributed by atoms with E-state index >= 15 is 0 Å². The SMILES string of the molecule is Cc1ncsc1C(C)NCC1CN2CCCC2CO1. The van der Waals surface area contributed by atoms with E-state index < -0.39 is 0 Å². The van der Waals surface area contributed by atoms with Crippen LogP contribution in [-0.4, -0.2) is 48.3 Å². The second-order valence-corrected chi connectivity index (χ2v) is 6.56. The molecule has 0 bridgehead atoms. The largest absolute Gasteiger partial charge is 0.374 e. The van der Waals surface area contributed by atoms with Gasteiger partial charge in [-0.25, -0.2) is 4.98 Å². The first kappa shape index (κ1) is 13.5. The predicted molar refractivity (Wildman–Crippen MR) is 77.6 cm³/mol. The third kappa shape index (κ3) is 2.99. The summed E-state index contributed by atoms with van der Waals surface area (Å²) in [5.41, 5.74) is 3.07. The molecule has 0 aromatic carbocycles. The van der Waals surface area contributed by atoms with E-state index in [1.165, 1.54) is 24.3 Å². The summed E-state index contributed by atoms with van der Waals surface area (Å²) in [7, 11) is 0. The number of rotatable bonds is 4. The molecule has 0 amide bonds. The second kappa shape index (κ2) is 5.87. The first-order valence-corrected chi connectivity index (χ1v) is 8.11. The van der Waals surface area contributed by atoms with Gasteiger partial charge in [-0.2, -0.15) is 0 Å². The highest BCUT2D eigenvalue weighted by Crippen LogP contribution is 2.24. The topological polar surface area (TPSA) is 37.4 Å². The standard InChI is InChI=1S/C14H23N3OS/c1-10(14-11(2)16-9-19-14)15-6-13-7-17-5-3-4-12(17)8-18-13/h9-10,12-13,15H,3-8H2,1-2H3. The summed E-state index contributed by atoms with van der Waals surface area (Å²) in [4.78, 5) is 8.25. The summed E-state index contributed by atoms with van der Waals surface area (Å²) in [5.74, 6) is 0. The summed E-state index contributed by atoms with van der Waals surface area (Å²) >= 11 is 1.73. The Kier molecular flexibility index (Phi) is 4.17. The maximum absolute atomic E-state index is 5.97. The quantitative estimate of drug-likeness (QED) is 0.915. The van der Waals surface area contributed by atoms with Crippen LogP contribution >= 0.6 is 11.3 Å². The number of hydrogen-bond donors (Lipinski definition) is 1. The van der Waals surface area contributed by atoms with Crippen molar-refractivity contribution in [1.29, 1.82) is 0 Å². The van der Waals surface area contributed by atoms with Crippen LogP contribution in [-0.2, 0) is 4.74 Å². The minimum Gasteiger partial charge on any atom is -0.374 e. The zero-order valence-corrected chi connectivity index (χ0v) is 12.6. The lowest BCUT2D eigenvalue weighted by Crippen LogP contribution is -2.49. The van der Waals surface area contributed by atoms with Gasteiger partial charge in [-0.1, -0.05) is 0 Å². The van der Waals surface area contributed by atoms with E-state index in [4.69, 9.17) is 4.74 Å². The first-order chi connectivity index (χ1) is 9.24. The molecule has 0 radical (unpaired) electrons. The molecule has 0 spiro atoms. The van der Waals surface area contributed by atoms with Crippen molar-refractivity contribution in [1.82, 2.24) is 15.2 Å². The summed E-state index contributed by atoms with van der Waals surface area (Å²) in [6, 6.07) is 1.06. The third-order valence-corrected chi connectivity index (χ3v) is 5.40. The minimum absolute atomic E-state index is 0.338. The van der Waals surface area contributed by atoms with Gasteiger partial charge in [0, 0.05) is 30.1 Å². The van der Waals surface area contributed by atoms with Crippen LogP contribution < -0.4 is 5.32 Å². The van der Waals surface area contributed by atoms with Crippen molar-refractivity contribution >= 4 is 11.3 Å². The van der Waals surface area contributed by atoms with E-state index in [1.54, 1.807) is 11.3 Å².